The predicted octanol–water partition coefficient (Wildman–Crippen LogP) is 4.85. The van der Waals surface area contributed by atoms with Crippen LogP contribution in [0.25, 0.3) is 10.8 Å². The van der Waals surface area contributed by atoms with E-state index in [1.807, 2.05) is 32.0 Å². The van der Waals surface area contributed by atoms with Crippen LogP contribution >= 0.6 is 0 Å². The van der Waals surface area contributed by atoms with Gasteiger partial charge in [-0.2, -0.15) is 4.31 Å². The number of hydrogen-bond acceptors (Lipinski definition) is 4. The first-order chi connectivity index (χ1) is 15.9. The lowest BCUT2D eigenvalue weighted by atomic mass is 9.90. The zero-order valence-electron chi connectivity index (χ0n) is 19.5. The molecule has 2 aliphatic rings. The van der Waals surface area contributed by atoms with Gasteiger partial charge in [-0.3, -0.25) is 5.43 Å². The molecule has 2 heterocycles. The maximum absolute atomic E-state index is 13.1. The van der Waals surface area contributed by atoms with E-state index in [0.717, 1.165) is 44.5 Å². The molecule has 1 N–H and O–H groups in total. The van der Waals surface area contributed by atoms with Gasteiger partial charge in [0.15, 0.2) is 0 Å². The fourth-order valence-corrected chi connectivity index (χ4v) is 7.72. The van der Waals surface area contributed by atoms with Crippen LogP contribution in [0.1, 0.15) is 50.2 Å². The van der Waals surface area contributed by atoms with E-state index in [9.17, 15) is 8.42 Å². The van der Waals surface area contributed by atoms with E-state index in [-0.39, 0.29) is 0 Å². The Morgan fingerprint density at radius 3 is 2.58 bits per heavy atom. The van der Waals surface area contributed by atoms with Gasteiger partial charge >= 0.3 is 0 Å². The van der Waals surface area contributed by atoms with Gasteiger partial charge in [-0.25, -0.2) is 13.4 Å². The molecular weight excluding hydrogens is 430 g/mol. The molecule has 0 radical (unpaired) electrons. The monoisotopic (exact) mass is 463 g/mol. The smallest absolute Gasteiger partial charge is 0.244 e. The highest BCUT2D eigenvalue weighted by Crippen LogP contribution is 2.43. The lowest BCUT2D eigenvalue weighted by molar-refractivity contribution is 0.177. The highest BCUT2D eigenvalue weighted by molar-refractivity contribution is 7.89. The molecule has 0 bridgehead atoms. The van der Waals surface area contributed by atoms with Crippen molar-refractivity contribution in [3.63, 3.8) is 0 Å². The van der Waals surface area contributed by atoms with Gasteiger partial charge in [-0.1, -0.05) is 60.7 Å². The van der Waals surface area contributed by atoms with E-state index in [1.165, 1.54) is 16.3 Å². The summed E-state index contributed by atoms with van der Waals surface area (Å²) in [4.78, 5) is 0.459. The molecule has 3 aromatic rings. The van der Waals surface area contributed by atoms with Gasteiger partial charge in [0.25, 0.3) is 0 Å². The molecule has 5 rings (SSSR count). The Hall–Kier alpha value is -2.25. The van der Waals surface area contributed by atoms with E-state index in [2.05, 4.69) is 52.9 Å². The second kappa shape index (κ2) is 8.84. The van der Waals surface area contributed by atoms with E-state index in [0.29, 0.717) is 17.4 Å². The minimum Gasteiger partial charge on any atom is -0.255 e. The van der Waals surface area contributed by atoms with Crippen molar-refractivity contribution in [1.29, 1.82) is 0 Å². The topological polar surface area (TPSA) is 52.7 Å². The van der Waals surface area contributed by atoms with E-state index in [1.54, 1.807) is 10.4 Å². The summed E-state index contributed by atoms with van der Waals surface area (Å²) in [6, 6.07) is 22.6. The lowest BCUT2D eigenvalue weighted by Gasteiger charge is -2.31. The van der Waals surface area contributed by atoms with Crippen molar-refractivity contribution in [2.75, 3.05) is 26.2 Å². The highest BCUT2D eigenvalue weighted by Gasteiger charge is 2.47. The Labute approximate surface area is 197 Å². The molecule has 5 nitrogen and oxygen atoms in total. The Bertz CT molecular complexity index is 1250. The molecule has 6 heteroatoms. The fourth-order valence-electron chi connectivity index (χ4n) is 5.57. The molecule has 1 fully saturated rings. The van der Waals surface area contributed by atoms with Gasteiger partial charge in [0.05, 0.1) is 10.4 Å². The molecule has 0 spiro atoms. The van der Waals surface area contributed by atoms with Gasteiger partial charge in [-0.15, -0.1) is 0 Å². The zero-order valence-corrected chi connectivity index (χ0v) is 20.3. The summed E-state index contributed by atoms with van der Waals surface area (Å²) in [5, 5.41) is 4.93. The summed E-state index contributed by atoms with van der Waals surface area (Å²) in [5.41, 5.74) is 5.45. The van der Waals surface area contributed by atoms with Crippen molar-refractivity contribution in [3.8, 4) is 0 Å². The van der Waals surface area contributed by atoms with Crippen LogP contribution < -0.4 is 5.43 Å². The normalized spacial score (nSPS) is 22.8. The van der Waals surface area contributed by atoms with Crippen molar-refractivity contribution in [3.05, 3.63) is 77.9 Å². The average Bonchev–Trinajstić information content (AvgIpc) is 2.98. The Balaban J connectivity index is 1.22. The lowest BCUT2D eigenvalue weighted by Crippen LogP contribution is -2.43. The van der Waals surface area contributed by atoms with E-state index < -0.39 is 15.6 Å². The van der Waals surface area contributed by atoms with Crippen LogP contribution in [0.3, 0.4) is 0 Å². The summed E-state index contributed by atoms with van der Waals surface area (Å²) in [5.74, 6) is 0.480. The maximum Gasteiger partial charge on any atom is 0.244 e. The van der Waals surface area contributed by atoms with Crippen LogP contribution in [0.4, 0.5) is 0 Å². The van der Waals surface area contributed by atoms with Crippen molar-refractivity contribution in [1.82, 2.24) is 14.7 Å². The zero-order chi connectivity index (χ0) is 23.1. The van der Waals surface area contributed by atoms with Gasteiger partial charge in [-0.05, 0) is 67.0 Å². The molecule has 0 saturated carbocycles. The summed E-state index contributed by atoms with van der Waals surface area (Å²) in [7, 11) is -3.44. The Morgan fingerprint density at radius 1 is 0.970 bits per heavy atom. The van der Waals surface area contributed by atoms with Crippen molar-refractivity contribution < 1.29 is 8.42 Å². The van der Waals surface area contributed by atoms with E-state index >= 15 is 0 Å². The SMILES string of the molecule is CC1(C)c2ccccc2S(=O)(=O)N1CCCN1CCCC(c2cccc3ccccc23)CN1. The first-order valence-corrected chi connectivity index (χ1v) is 13.4. The third-order valence-electron chi connectivity index (χ3n) is 7.33. The molecule has 0 aliphatic carbocycles. The van der Waals surface area contributed by atoms with E-state index in [4.69, 9.17) is 0 Å². The fraction of sp³-hybridized carbons (Fsp3) is 0.407. The molecule has 2 aliphatic heterocycles. The number of nitrogens with zero attached hydrogens (tertiary/aromatic N) is 2. The number of rotatable bonds is 5. The second-order valence-corrected chi connectivity index (χ2v) is 11.6. The summed E-state index contributed by atoms with van der Waals surface area (Å²) in [6.45, 7) is 7.27. The standard InChI is InChI=1S/C27H33N3O2S/c1-27(2)25-15-5-6-16-26(25)33(31,32)30(27)19-9-18-29-17-8-12-22(20-28-29)24-14-7-11-21-10-3-4-13-23(21)24/h3-7,10-11,13-16,22,28H,8-9,12,17-20H2,1-2H3. The molecule has 174 valence electrons. The molecule has 0 amide bonds. The number of sulfonamides is 1. The van der Waals surface area contributed by atoms with Crippen molar-refractivity contribution >= 4 is 20.8 Å². The number of hydrogen-bond donors (Lipinski definition) is 1. The van der Waals surface area contributed by atoms with Crippen LogP contribution in [-0.4, -0.2) is 43.9 Å². The second-order valence-electron chi connectivity index (χ2n) is 9.74. The number of hydrazine groups is 1. The Morgan fingerprint density at radius 2 is 1.73 bits per heavy atom. The van der Waals surface area contributed by atoms with Crippen LogP contribution in [0, 0.1) is 0 Å². The molecule has 1 atom stereocenters. The van der Waals surface area contributed by atoms with Crippen LogP contribution in [0.15, 0.2) is 71.6 Å². The summed E-state index contributed by atoms with van der Waals surface area (Å²) >= 11 is 0. The van der Waals surface area contributed by atoms with Gasteiger partial charge in [0.1, 0.15) is 0 Å². The minimum atomic E-state index is -3.44. The Kier molecular flexibility index (Phi) is 6.04. The number of fused-ring (bicyclic) bond motifs is 2. The van der Waals surface area contributed by atoms with Crippen molar-refractivity contribution in [2.45, 2.75) is 49.5 Å². The van der Waals surface area contributed by atoms with Gasteiger partial charge in [0, 0.05) is 26.2 Å². The molecular formula is C27H33N3O2S. The molecule has 0 aromatic heterocycles. The third-order valence-corrected chi connectivity index (χ3v) is 9.46. The van der Waals surface area contributed by atoms with Gasteiger partial charge < -0.3 is 0 Å². The first-order valence-electron chi connectivity index (χ1n) is 12.0. The highest BCUT2D eigenvalue weighted by atomic mass is 32.2. The molecule has 33 heavy (non-hydrogen) atoms. The maximum atomic E-state index is 13.1. The van der Waals surface area contributed by atoms with Gasteiger partial charge in [0.2, 0.25) is 10.0 Å². The van der Waals surface area contributed by atoms with Crippen LogP contribution in [0.5, 0.6) is 0 Å². The summed E-state index contributed by atoms with van der Waals surface area (Å²) in [6.07, 6.45) is 3.07. The minimum absolute atomic E-state index is 0.459. The quantitative estimate of drug-likeness (QED) is 0.588. The number of benzene rings is 3. The van der Waals surface area contributed by atoms with Crippen molar-refractivity contribution in [2.24, 2.45) is 0 Å². The van der Waals surface area contributed by atoms with Crippen LogP contribution in [-0.2, 0) is 15.6 Å². The van der Waals surface area contributed by atoms with Crippen LogP contribution in [0.2, 0.25) is 0 Å². The molecule has 3 aromatic carbocycles. The first kappa shape index (κ1) is 22.5. The molecule has 1 saturated heterocycles. The molecule has 1 unspecified atom stereocenters. The largest absolute Gasteiger partial charge is 0.255 e. The summed E-state index contributed by atoms with van der Waals surface area (Å²) < 4.78 is 28.0. The predicted molar refractivity (Wildman–Crippen MR) is 133 cm³/mol. The number of nitrogens with one attached hydrogen (secondary N) is 1. The third kappa shape index (κ3) is 4.10. The average molecular weight is 464 g/mol.